The van der Waals surface area contributed by atoms with Gasteiger partial charge in [0.15, 0.2) is 0 Å². The summed E-state index contributed by atoms with van der Waals surface area (Å²) in [4.78, 5) is 4.88. The first kappa shape index (κ1) is 11.4. The first-order valence-corrected chi connectivity index (χ1v) is 7.63. The number of nitrogens with one attached hydrogen (secondary N) is 1. The molecule has 2 heterocycles. The van der Waals surface area contributed by atoms with E-state index in [2.05, 4.69) is 16.8 Å². The molecule has 0 aliphatic carbocycles. The fourth-order valence-electron chi connectivity index (χ4n) is 2.45. The summed E-state index contributed by atoms with van der Waals surface area (Å²) in [6.45, 7) is 4.57. The van der Waals surface area contributed by atoms with E-state index in [1.54, 1.807) is 0 Å². The lowest BCUT2D eigenvalue weighted by atomic mass is 10.1. The number of hydrogen-bond donors (Lipinski definition) is 1. The van der Waals surface area contributed by atoms with Crippen molar-refractivity contribution in [2.24, 2.45) is 0 Å². The molecule has 2 aliphatic rings. The van der Waals surface area contributed by atoms with Crippen molar-refractivity contribution in [3.8, 4) is 0 Å². The Bertz CT molecular complexity index is 293. The van der Waals surface area contributed by atoms with Gasteiger partial charge >= 0.3 is 0 Å². The first-order valence-electron chi connectivity index (χ1n) is 5.73. The van der Waals surface area contributed by atoms with E-state index in [-0.39, 0.29) is 0 Å². The summed E-state index contributed by atoms with van der Waals surface area (Å²) < 4.78 is 19.1. The highest BCUT2D eigenvalue weighted by atomic mass is 32.2. The maximum atomic E-state index is 11.5. The van der Waals surface area contributed by atoms with Gasteiger partial charge in [-0.3, -0.25) is 9.68 Å². The van der Waals surface area contributed by atoms with Crippen LogP contribution in [0.1, 0.15) is 12.8 Å². The van der Waals surface area contributed by atoms with Crippen LogP contribution in [-0.2, 0) is 9.73 Å². The molecule has 5 heteroatoms. The molecule has 0 aromatic rings. The van der Waals surface area contributed by atoms with Crippen LogP contribution in [0.3, 0.4) is 0 Å². The van der Waals surface area contributed by atoms with Crippen LogP contribution < -0.4 is 0 Å². The minimum atomic E-state index is -2.20. The van der Waals surface area contributed by atoms with Gasteiger partial charge in [-0.15, -0.1) is 0 Å². The molecule has 0 unspecified atom stereocenters. The lowest BCUT2D eigenvalue weighted by Gasteiger charge is -2.39. The van der Waals surface area contributed by atoms with Gasteiger partial charge in [0.1, 0.15) is 0 Å². The summed E-state index contributed by atoms with van der Waals surface area (Å²) in [6.07, 6.45) is 1.93. The number of hydrogen-bond acceptors (Lipinski definition) is 4. The Morgan fingerprint density at radius 1 is 1.13 bits per heavy atom. The highest BCUT2D eigenvalue weighted by Gasteiger charge is 2.27. The van der Waals surface area contributed by atoms with Gasteiger partial charge in [-0.1, -0.05) is 0 Å². The monoisotopic (exact) mass is 231 g/mol. The van der Waals surface area contributed by atoms with E-state index in [0.717, 1.165) is 39.0 Å². The zero-order chi connectivity index (χ0) is 10.9. The van der Waals surface area contributed by atoms with E-state index in [1.165, 1.54) is 0 Å². The van der Waals surface area contributed by atoms with E-state index >= 15 is 0 Å². The van der Waals surface area contributed by atoms with E-state index in [9.17, 15) is 4.21 Å². The van der Waals surface area contributed by atoms with Crippen molar-refractivity contribution in [3.05, 3.63) is 0 Å². The third kappa shape index (κ3) is 2.92. The maximum absolute atomic E-state index is 11.5. The fraction of sp³-hybridized carbons (Fsp3) is 1.00. The second-order valence-electron chi connectivity index (χ2n) is 4.79. The van der Waals surface area contributed by atoms with Gasteiger partial charge in [-0.2, -0.15) is 0 Å². The molecule has 4 nitrogen and oxygen atoms in total. The zero-order valence-electron chi connectivity index (χ0n) is 9.45. The van der Waals surface area contributed by atoms with Crippen molar-refractivity contribution in [3.63, 3.8) is 0 Å². The molecular formula is C10H21N3OS. The van der Waals surface area contributed by atoms with Crippen LogP contribution >= 0.6 is 0 Å². The highest BCUT2D eigenvalue weighted by Crippen LogP contribution is 2.19. The number of piperazine rings is 1. The lowest BCUT2D eigenvalue weighted by Crippen LogP contribution is -2.50. The lowest BCUT2D eigenvalue weighted by molar-refractivity contribution is 0.106. The molecule has 2 rings (SSSR count). The average Bonchev–Trinajstić information content (AvgIpc) is 2.20. The molecule has 15 heavy (non-hydrogen) atoms. The second kappa shape index (κ2) is 4.39. The standard InChI is InChI=1S/C10H21N3OS/c1-12-4-6-13(7-5-12)10-2-8-15(11,14)9-3-10/h10-11H,2-9H2,1H3. The summed E-state index contributed by atoms with van der Waals surface area (Å²) >= 11 is 0. The SMILES string of the molecule is CN1CCN(C2CCS(=N)(=O)CC2)CC1. The van der Waals surface area contributed by atoms with Crippen molar-refractivity contribution in [1.82, 2.24) is 9.80 Å². The van der Waals surface area contributed by atoms with Gasteiger partial charge < -0.3 is 4.90 Å². The van der Waals surface area contributed by atoms with Gasteiger partial charge in [-0.05, 0) is 19.9 Å². The Morgan fingerprint density at radius 3 is 2.20 bits per heavy atom. The summed E-state index contributed by atoms with van der Waals surface area (Å²) in [5.74, 6) is 1.23. The molecule has 0 radical (unpaired) electrons. The van der Waals surface area contributed by atoms with Crippen LogP contribution in [0.15, 0.2) is 0 Å². The molecule has 0 aromatic carbocycles. The third-order valence-corrected chi connectivity index (χ3v) is 5.41. The quantitative estimate of drug-likeness (QED) is 0.712. The van der Waals surface area contributed by atoms with Gasteiger partial charge in [0.2, 0.25) is 0 Å². The molecule has 2 fully saturated rings. The molecule has 0 atom stereocenters. The van der Waals surface area contributed by atoms with Crippen LogP contribution in [0.2, 0.25) is 0 Å². The van der Waals surface area contributed by atoms with Crippen LogP contribution in [0.25, 0.3) is 0 Å². The maximum Gasteiger partial charge on any atom is 0.0442 e. The van der Waals surface area contributed by atoms with Crippen LogP contribution in [0, 0.1) is 4.78 Å². The van der Waals surface area contributed by atoms with E-state index < -0.39 is 9.73 Å². The smallest absolute Gasteiger partial charge is 0.0442 e. The molecule has 0 amide bonds. The molecule has 0 aromatic heterocycles. The molecule has 0 bridgehead atoms. The van der Waals surface area contributed by atoms with Gasteiger partial charge in [0.05, 0.1) is 0 Å². The third-order valence-electron chi connectivity index (χ3n) is 3.62. The van der Waals surface area contributed by atoms with Gasteiger partial charge in [0, 0.05) is 53.5 Å². The summed E-state index contributed by atoms with van der Waals surface area (Å²) in [7, 11) is -0.0407. The molecule has 0 spiro atoms. The summed E-state index contributed by atoms with van der Waals surface area (Å²) in [5, 5.41) is 0. The molecule has 2 aliphatic heterocycles. The van der Waals surface area contributed by atoms with Gasteiger partial charge in [-0.25, -0.2) is 4.21 Å². The molecular weight excluding hydrogens is 210 g/mol. The second-order valence-corrected chi connectivity index (χ2v) is 7.23. The highest BCUT2D eigenvalue weighted by molar-refractivity contribution is 7.92. The summed E-state index contributed by atoms with van der Waals surface area (Å²) in [6, 6.07) is 0.596. The predicted molar refractivity (Wildman–Crippen MR) is 62.7 cm³/mol. The van der Waals surface area contributed by atoms with Crippen molar-refractivity contribution < 1.29 is 4.21 Å². The van der Waals surface area contributed by atoms with Crippen molar-refractivity contribution in [2.45, 2.75) is 18.9 Å². The number of rotatable bonds is 1. The predicted octanol–water partition coefficient (Wildman–Crippen LogP) is 0.443. The fourth-order valence-corrected chi connectivity index (χ4v) is 3.96. The van der Waals surface area contributed by atoms with Crippen molar-refractivity contribution >= 4 is 9.73 Å². The normalized spacial score (nSPS) is 40.5. The van der Waals surface area contributed by atoms with E-state index in [1.807, 2.05) is 0 Å². The Labute approximate surface area is 92.6 Å². The summed E-state index contributed by atoms with van der Waals surface area (Å²) in [5.41, 5.74) is 0. The minimum absolute atomic E-state index is 0.596. The van der Waals surface area contributed by atoms with Crippen molar-refractivity contribution in [2.75, 3.05) is 44.7 Å². The number of likely N-dealkylation sites (N-methyl/N-ethyl adjacent to an activating group) is 1. The topological polar surface area (TPSA) is 47.4 Å². The van der Waals surface area contributed by atoms with Crippen LogP contribution in [-0.4, -0.2) is 64.8 Å². The van der Waals surface area contributed by atoms with E-state index in [0.29, 0.717) is 17.5 Å². The largest absolute Gasteiger partial charge is 0.304 e. The average molecular weight is 231 g/mol. The Hall–Kier alpha value is -0.130. The van der Waals surface area contributed by atoms with Crippen LogP contribution in [0.4, 0.5) is 0 Å². The number of nitrogens with zero attached hydrogens (tertiary/aromatic N) is 2. The van der Waals surface area contributed by atoms with Crippen LogP contribution in [0.5, 0.6) is 0 Å². The zero-order valence-corrected chi connectivity index (χ0v) is 10.3. The molecule has 0 saturated carbocycles. The van der Waals surface area contributed by atoms with E-state index in [4.69, 9.17) is 4.78 Å². The van der Waals surface area contributed by atoms with Gasteiger partial charge in [0.25, 0.3) is 0 Å². The Morgan fingerprint density at radius 2 is 1.67 bits per heavy atom. The van der Waals surface area contributed by atoms with Crippen molar-refractivity contribution in [1.29, 1.82) is 4.78 Å². The Balaban J connectivity index is 1.86. The Kier molecular flexibility index (Phi) is 3.33. The molecule has 88 valence electrons. The first-order chi connectivity index (χ1) is 7.07. The minimum Gasteiger partial charge on any atom is -0.304 e. The molecule has 1 N–H and O–H groups in total. The molecule has 2 saturated heterocycles.